The van der Waals surface area contributed by atoms with Crippen LogP contribution in [0, 0.1) is 0 Å². The van der Waals surface area contributed by atoms with Crippen LogP contribution in [0.2, 0.25) is 0 Å². The SMILES string of the molecule is O=C(N[C@@H](Cc1ccccc1)c1cc(-c2ccccc2)n[nH]1)OCc1ccccc1. The summed E-state index contributed by atoms with van der Waals surface area (Å²) in [6.07, 6.45) is 0.160. The van der Waals surface area contributed by atoms with Crippen LogP contribution in [0.1, 0.15) is 22.9 Å². The van der Waals surface area contributed by atoms with Crippen LogP contribution in [0.3, 0.4) is 0 Å². The maximum atomic E-state index is 12.5. The van der Waals surface area contributed by atoms with Crippen LogP contribution in [-0.4, -0.2) is 16.3 Å². The molecule has 0 saturated carbocycles. The molecule has 4 rings (SSSR count). The largest absolute Gasteiger partial charge is 0.445 e. The van der Waals surface area contributed by atoms with Crippen molar-refractivity contribution in [3.63, 3.8) is 0 Å². The smallest absolute Gasteiger partial charge is 0.408 e. The number of ether oxygens (including phenoxy) is 1. The number of hydrogen-bond donors (Lipinski definition) is 2. The van der Waals surface area contributed by atoms with Gasteiger partial charge in [-0.2, -0.15) is 5.10 Å². The zero-order valence-corrected chi connectivity index (χ0v) is 16.5. The molecule has 1 atom stereocenters. The number of amides is 1. The van der Waals surface area contributed by atoms with E-state index in [2.05, 4.69) is 15.5 Å². The van der Waals surface area contributed by atoms with E-state index in [1.807, 2.05) is 97.1 Å². The molecule has 1 heterocycles. The molecule has 150 valence electrons. The van der Waals surface area contributed by atoms with Gasteiger partial charge in [0.15, 0.2) is 0 Å². The minimum absolute atomic E-state index is 0.225. The lowest BCUT2D eigenvalue weighted by Crippen LogP contribution is -2.30. The molecular formula is C25H23N3O2. The van der Waals surface area contributed by atoms with Crippen molar-refractivity contribution in [3.05, 3.63) is 114 Å². The second-order valence-corrected chi connectivity index (χ2v) is 7.02. The van der Waals surface area contributed by atoms with E-state index in [0.717, 1.165) is 28.1 Å². The molecule has 5 heteroatoms. The molecule has 0 radical (unpaired) electrons. The Morgan fingerprint density at radius 1 is 0.867 bits per heavy atom. The molecule has 3 aromatic carbocycles. The topological polar surface area (TPSA) is 67.0 Å². The van der Waals surface area contributed by atoms with Crippen molar-refractivity contribution in [1.29, 1.82) is 0 Å². The predicted molar refractivity (Wildman–Crippen MR) is 117 cm³/mol. The van der Waals surface area contributed by atoms with Crippen molar-refractivity contribution in [2.75, 3.05) is 0 Å². The molecule has 30 heavy (non-hydrogen) atoms. The third kappa shape index (κ3) is 5.14. The first kappa shape index (κ1) is 19.5. The van der Waals surface area contributed by atoms with E-state index >= 15 is 0 Å². The summed E-state index contributed by atoms with van der Waals surface area (Å²) in [6.45, 7) is 0.225. The number of carbonyl (C=O) groups is 1. The molecule has 2 N–H and O–H groups in total. The summed E-state index contributed by atoms with van der Waals surface area (Å²) >= 11 is 0. The van der Waals surface area contributed by atoms with E-state index in [1.165, 1.54) is 0 Å². The van der Waals surface area contributed by atoms with Crippen molar-refractivity contribution in [1.82, 2.24) is 15.5 Å². The number of aromatic amines is 1. The molecule has 0 unspecified atom stereocenters. The van der Waals surface area contributed by atoms with Gasteiger partial charge in [-0.1, -0.05) is 91.0 Å². The van der Waals surface area contributed by atoms with E-state index < -0.39 is 6.09 Å². The Bertz CT molecular complexity index is 1060. The number of nitrogens with one attached hydrogen (secondary N) is 2. The van der Waals surface area contributed by atoms with E-state index in [1.54, 1.807) is 0 Å². The fourth-order valence-electron chi connectivity index (χ4n) is 3.27. The lowest BCUT2D eigenvalue weighted by molar-refractivity contribution is 0.135. The first-order valence-electron chi connectivity index (χ1n) is 9.90. The standard InChI is InChI=1S/C25H23N3O2/c29-25(30-18-20-12-6-2-7-13-20)26-23(16-19-10-4-1-5-11-19)24-17-22(27-28-24)21-14-8-3-9-15-21/h1-15,17,23H,16,18H2,(H,26,29)(H,27,28)/t23-/m0/s1. The highest BCUT2D eigenvalue weighted by Crippen LogP contribution is 2.23. The fourth-order valence-corrected chi connectivity index (χ4v) is 3.27. The third-order valence-corrected chi connectivity index (χ3v) is 4.83. The molecule has 0 aliphatic carbocycles. The Labute approximate surface area is 175 Å². The lowest BCUT2D eigenvalue weighted by atomic mass is 10.0. The molecular weight excluding hydrogens is 374 g/mol. The summed E-state index contributed by atoms with van der Waals surface area (Å²) in [6, 6.07) is 31.3. The Hall–Kier alpha value is -3.86. The van der Waals surface area contributed by atoms with E-state index in [-0.39, 0.29) is 12.6 Å². The average Bonchev–Trinajstić information content (AvgIpc) is 3.30. The molecule has 0 aliphatic rings. The number of benzene rings is 3. The van der Waals surface area contributed by atoms with Gasteiger partial charge in [0, 0.05) is 5.56 Å². The molecule has 1 aromatic heterocycles. The molecule has 5 nitrogen and oxygen atoms in total. The summed E-state index contributed by atoms with van der Waals surface area (Å²) < 4.78 is 5.42. The van der Waals surface area contributed by atoms with Gasteiger partial charge < -0.3 is 10.1 Å². The number of aromatic nitrogens is 2. The quantitative estimate of drug-likeness (QED) is 0.445. The highest BCUT2D eigenvalue weighted by molar-refractivity contribution is 5.68. The van der Waals surface area contributed by atoms with Gasteiger partial charge in [-0.25, -0.2) is 4.79 Å². The number of hydrogen-bond acceptors (Lipinski definition) is 3. The maximum Gasteiger partial charge on any atom is 0.408 e. The molecule has 0 bridgehead atoms. The molecule has 0 fully saturated rings. The lowest BCUT2D eigenvalue weighted by Gasteiger charge is -2.17. The van der Waals surface area contributed by atoms with Crippen molar-refractivity contribution in [2.24, 2.45) is 0 Å². The van der Waals surface area contributed by atoms with Gasteiger partial charge in [0.25, 0.3) is 0 Å². The minimum Gasteiger partial charge on any atom is -0.445 e. The predicted octanol–water partition coefficient (Wildman–Crippen LogP) is 5.29. The first-order valence-corrected chi connectivity index (χ1v) is 9.90. The van der Waals surface area contributed by atoms with Crippen LogP contribution in [0.15, 0.2) is 97.1 Å². The summed E-state index contributed by atoms with van der Waals surface area (Å²) in [5.74, 6) is 0. The Morgan fingerprint density at radius 3 is 2.13 bits per heavy atom. The van der Waals surface area contributed by atoms with Crippen molar-refractivity contribution >= 4 is 6.09 Å². The second-order valence-electron chi connectivity index (χ2n) is 7.02. The number of rotatable bonds is 7. The number of carbonyl (C=O) groups excluding carboxylic acids is 1. The van der Waals surface area contributed by atoms with Crippen LogP contribution in [0.25, 0.3) is 11.3 Å². The molecule has 0 aliphatic heterocycles. The van der Waals surface area contributed by atoms with E-state index in [0.29, 0.717) is 6.42 Å². The summed E-state index contributed by atoms with van der Waals surface area (Å²) in [5, 5.41) is 10.5. The zero-order valence-electron chi connectivity index (χ0n) is 16.5. The van der Waals surface area contributed by atoms with Gasteiger partial charge in [0.1, 0.15) is 6.61 Å². The van der Waals surface area contributed by atoms with Crippen LogP contribution < -0.4 is 5.32 Å². The Kier molecular flexibility index (Phi) is 6.20. The first-order chi connectivity index (χ1) is 14.8. The van der Waals surface area contributed by atoms with Crippen molar-refractivity contribution in [2.45, 2.75) is 19.1 Å². The zero-order chi connectivity index (χ0) is 20.6. The van der Waals surface area contributed by atoms with Crippen LogP contribution in [0.4, 0.5) is 4.79 Å². The molecule has 4 aromatic rings. The van der Waals surface area contributed by atoms with Gasteiger partial charge in [0.2, 0.25) is 0 Å². The minimum atomic E-state index is -0.462. The maximum absolute atomic E-state index is 12.5. The summed E-state index contributed by atoms with van der Waals surface area (Å²) in [4.78, 5) is 12.5. The van der Waals surface area contributed by atoms with Crippen LogP contribution in [-0.2, 0) is 17.8 Å². The Morgan fingerprint density at radius 2 is 1.47 bits per heavy atom. The number of nitrogens with zero attached hydrogens (tertiary/aromatic N) is 1. The third-order valence-electron chi connectivity index (χ3n) is 4.83. The van der Waals surface area contributed by atoms with Gasteiger partial charge in [-0.15, -0.1) is 0 Å². The highest BCUT2D eigenvalue weighted by Gasteiger charge is 2.19. The van der Waals surface area contributed by atoms with Gasteiger partial charge in [0.05, 0.1) is 17.4 Å². The summed E-state index contributed by atoms with van der Waals surface area (Å²) in [5.41, 5.74) is 4.74. The molecule has 0 spiro atoms. The van der Waals surface area contributed by atoms with E-state index in [9.17, 15) is 4.79 Å². The van der Waals surface area contributed by atoms with Crippen molar-refractivity contribution in [3.8, 4) is 11.3 Å². The van der Waals surface area contributed by atoms with Crippen molar-refractivity contribution < 1.29 is 9.53 Å². The Balaban J connectivity index is 1.49. The monoisotopic (exact) mass is 397 g/mol. The molecule has 1 amide bonds. The van der Waals surface area contributed by atoms with Crippen LogP contribution >= 0.6 is 0 Å². The van der Waals surface area contributed by atoms with Crippen LogP contribution in [0.5, 0.6) is 0 Å². The fraction of sp³-hybridized carbons (Fsp3) is 0.120. The highest BCUT2D eigenvalue weighted by atomic mass is 16.5. The summed E-state index contributed by atoms with van der Waals surface area (Å²) in [7, 11) is 0. The van der Waals surface area contributed by atoms with E-state index in [4.69, 9.17) is 4.74 Å². The average molecular weight is 397 g/mol. The number of H-pyrrole nitrogens is 1. The van der Waals surface area contributed by atoms with Gasteiger partial charge in [-0.3, -0.25) is 5.10 Å². The van der Waals surface area contributed by atoms with Gasteiger partial charge >= 0.3 is 6.09 Å². The normalized spacial score (nSPS) is 11.6. The molecule has 0 saturated heterocycles. The van der Waals surface area contributed by atoms with Gasteiger partial charge in [-0.05, 0) is 23.6 Å². The number of alkyl carbamates (subject to hydrolysis) is 1. The second kappa shape index (κ2) is 9.56.